The first-order valence-electron chi connectivity index (χ1n) is 8.96. The van der Waals surface area contributed by atoms with Crippen LogP contribution in [-0.2, 0) is 17.6 Å². The van der Waals surface area contributed by atoms with Crippen LogP contribution < -0.4 is 10.1 Å². The third kappa shape index (κ3) is 3.42. The number of thiophene rings is 1. The molecule has 26 heavy (non-hydrogen) atoms. The van der Waals surface area contributed by atoms with Gasteiger partial charge in [0.1, 0.15) is 11.2 Å². The number of carbonyl (C=O) groups excluding carboxylic acids is 1. The highest BCUT2D eigenvalue weighted by atomic mass is 32.1. The van der Waals surface area contributed by atoms with Crippen molar-refractivity contribution >= 4 is 33.1 Å². The maximum absolute atomic E-state index is 12.3. The van der Waals surface area contributed by atoms with E-state index in [1.165, 1.54) is 36.0 Å². The molecule has 3 aromatic rings. The van der Waals surface area contributed by atoms with Gasteiger partial charge in [-0.15, -0.1) is 11.3 Å². The van der Waals surface area contributed by atoms with E-state index < -0.39 is 0 Å². The Morgan fingerprint density at radius 2 is 2.04 bits per heavy atom. The van der Waals surface area contributed by atoms with Crippen molar-refractivity contribution in [1.29, 1.82) is 0 Å². The van der Waals surface area contributed by atoms with Gasteiger partial charge in [0, 0.05) is 10.6 Å². The number of nitrogens with zero attached hydrogens (tertiary/aromatic N) is 2. The molecule has 1 amide bonds. The molecule has 134 valence electrons. The summed E-state index contributed by atoms with van der Waals surface area (Å²) in [5.74, 6) is 0.335. The van der Waals surface area contributed by atoms with Crippen molar-refractivity contribution in [2.75, 3.05) is 11.9 Å². The molecule has 5 nitrogen and oxygen atoms in total. The highest BCUT2D eigenvalue weighted by Crippen LogP contribution is 2.38. The van der Waals surface area contributed by atoms with Gasteiger partial charge >= 0.3 is 0 Å². The van der Waals surface area contributed by atoms with E-state index in [0.717, 1.165) is 34.3 Å². The highest BCUT2D eigenvalue weighted by molar-refractivity contribution is 7.18. The molecule has 1 aromatic carbocycles. The lowest BCUT2D eigenvalue weighted by atomic mass is 10.1. The predicted molar refractivity (Wildman–Crippen MR) is 104 cm³/mol. The predicted octanol–water partition coefficient (Wildman–Crippen LogP) is 4.29. The summed E-state index contributed by atoms with van der Waals surface area (Å²) in [5, 5.41) is 3.89. The van der Waals surface area contributed by atoms with Gasteiger partial charge in [-0.25, -0.2) is 9.97 Å². The van der Waals surface area contributed by atoms with Crippen LogP contribution in [0.15, 0.2) is 30.6 Å². The average molecular weight is 367 g/mol. The summed E-state index contributed by atoms with van der Waals surface area (Å²) in [4.78, 5) is 23.4. The van der Waals surface area contributed by atoms with Gasteiger partial charge < -0.3 is 10.1 Å². The van der Waals surface area contributed by atoms with E-state index in [-0.39, 0.29) is 12.5 Å². The summed E-state index contributed by atoms with van der Waals surface area (Å²) in [5.41, 5.74) is 3.14. The Morgan fingerprint density at radius 3 is 2.92 bits per heavy atom. The molecule has 0 spiro atoms. The lowest BCUT2D eigenvalue weighted by Gasteiger charge is -2.10. The van der Waals surface area contributed by atoms with Gasteiger partial charge in [0.15, 0.2) is 6.61 Å². The van der Waals surface area contributed by atoms with E-state index in [1.807, 2.05) is 31.2 Å². The zero-order valence-corrected chi connectivity index (χ0v) is 15.6. The molecule has 0 unspecified atom stereocenters. The molecular formula is C20H21N3O2S. The summed E-state index contributed by atoms with van der Waals surface area (Å²) in [6.07, 6.45) is 7.32. The molecule has 6 heteroatoms. The third-order valence-corrected chi connectivity index (χ3v) is 5.93. The van der Waals surface area contributed by atoms with Gasteiger partial charge in [-0.1, -0.05) is 24.6 Å². The van der Waals surface area contributed by atoms with Crippen molar-refractivity contribution in [1.82, 2.24) is 9.97 Å². The number of aryl methyl sites for hydroxylation is 3. The fourth-order valence-corrected chi connectivity index (χ4v) is 4.60. The topological polar surface area (TPSA) is 64.1 Å². The molecule has 2 aromatic heterocycles. The molecule has 0 saturated carbocycles. The second-order valence-electron chi connectivity index (χ2n) is 6.58. The van der Waals surface area contributed by atoms with Crippen LogP contribution >= 0.6 is 11.3 Å². The van der Waals surface area contributed by atoms with Gasteiger partial charge in [-0.3, -0.25) is 4.79 Å². The Labute approximate surface area is 156 Å². The van der Waals surface area contributed by atoms with E-state index >= 15 is 0 Å². The Kier molecular flexibility index (Phi) is 4.84. The Morgan fingerprint density at radius 1 is 1.19 bits per heavy atom. The van der Waals surface area contributed by atoms with Gasteiger partial charge in [0.25, 0.3) is 5.91 Å². The first-order chi connectivity index (χ1) is 12.7. The van der Waals surface area contributed by atoms with Crippen LogP contribution in [0.25, 0.3) is 10.2 Å². The zero-order chi connectivity index (χ0) is 17.9. The summed E-state index contributed by atoms with van der Waals surface area (Å²) in [6.45, 7) is 1.90. The Hall–Kier alpha value is -2.47. The Balaban J connectivity index is 1.53. The van der Waals surface area contributed by atoms with Crippen molar-refractivity contribution in [2.45, 2.75) is 39.0 Å². The second-order valence-corrected chi connectivity index (χ2v) is 7.66. The normalized spacial score (nSPS) is 13.9. The third-order valence-electron chi connectivity index (χ3n) is 4.73. The van der Waals surface area contributed by atoms with E-state index in [9.17, 15) is 4.79 Å². The van der Waals surface area contributed by atoms with Gasteiger partial charge in [-0.05, 0) is 49.8 Å². The zero-order valence-electron chi connectivity index (χ0n) is 14.7. The van der Waals surface area contributed by atoms with Crippen LogP contribution in [-0.4, -0.2) is 22.5 Å². The molecule has 0 bridgehead atoms. The number of hydrogen-bond donors (Lipinski definition) is 1. The molecule has 4 rings (SSSR count). The van der Waals surface area contributed by atoms with Crippen molar-refractivity contribution in [2.24, 2.45) is 0 Å². The van der Waals surface area contributed by atoms with Crippen molar-refractivity contribution in [3.8, 4) is 5.88 Å². The molecule has 0 atom stereocenters. The highest BCUT2D eigenvalue weighted by Gasteiger charge is 2.20. The molecule has 0 radical (unpaired) electrons. The number of rotatable bonds is 4. The van der Waals surface area contributed by atoms with Gasteiger partial charge in [-0.2, -0.15) is 0 Å². The Bertz CT molecular complexity index is 951. The largest absolute Gasteiger partial charge is 0.467 e. The van der Waals surface area contributed by atoms with Crippen LogP contribution in [0.4, 0.5) is 5.69 Å². The number of anilines is 1. The SMILES string of the molecule is Cc1ccccc1NC(=O)COc1ncnc2sc3c(c12)CCCCC3. The van der Waals surface area contributed by atoms with Crippen molar-refractivity contribution in [3.63, 3.8) is 0 Å². The molecule has 0 aliphatic heterocycles. The lowest BCUT2D eigenvalue weighted by Crippen LogP contribution is -2.21. The first-order valence-corrected chi connectivity index (χ1v) is 9.77. The summed E-state index contributed by atoms with van der Waals surface area (Å²) in [6, 6.07) is 7.69. The van der Waals surface area contributed by atoms with E-state index in [2.05, 4.69) is 15.3 Å². The molecule has 1 aliphatic rings. The minimum absolute atomic E-state index is 0.0644. The number of hydrogen-bond acceptors (Lipinski definition) is 5. The fraction of sp³-hybridized carbons (Fsp3) is 0.350. The number of carbonyl (C=O) groups is 1. The standard InChI is InChI=1S/C20H21N3O2S/c1-13-7-5-6-9-15(13)23-17(24)11-25-19-18-14-8-3-2-4-10-16(14)26-20(18)22-12-21-19/h5-7,9,12H,2-4,8,10-11H2,1H3,(H,23,24). The molecule has 0 saturated heterocycles. The number of aromatic nitrogens is 2. The lowest BCUT2D eigenvalue weighted by molar-refractivity contribution is -0.118. The summed E-state index contributed by atoms with van der Waals surface area (Å²) < 4.78 is 5.80. The quantitative estimate of drug-likeness (QED) is 0.699. The average Bonchev–Trinajstić information content (AvgIpc) is 2.84. The molecule has 1 N–H and O–H groups in total. The first kappa shape index (κ1) is 17.0. The van der Waals surface area contributed by atoms with Gasteiger partial charge in [0.05, 0.1) is 5.39 Å². The number of fused-ring (bicyclic) bond motifs is 3. The van der Waals surface area contributed by atoms with E-state index in [0.29, 0.717) is 5.88 Å². The number of amides is 1. The van der Waals surface area contributed by atoms with E-state index in [4.69, 9.17) is 4.74 Å². The molecule has 0 fully saturated rings. The summed E-state index contributed by atoms with van der Waals surface area (Å²) >= 11 is 1.73. The van der Waals surface area contributed by atoms with Crippen LogP contribution in [0, 0.1) is 6.92 Å². The monoisotopic (exact) mass is 367 g/mol. The van der Waals surface area contributed by atoms with Gasteiger partial charge in [0.2, 0.25) is 5.88 Å². The molecule has 2 heterocycles. The van der Waals surface area contributed by atoms with Crippen LogP contribution in [0.1, 0.15) is 35.3 Å². The molecule has 1 aliphatic carbocycles. The minimum atomic E-state index is -0.188. The summed E-state index contributed by atoms with van der Waals surface area (Å²) in [7, 11) is 0. The maximum atomic E-state index is 12.3. The van der Waals surface area contributed by atoms with Crippen molar-refractivity contribution < 1.29 is 9.53 Å². The minimum Gasteiger partial charge on any atom is -0.467 e. The van der Waals surface area contributed by atoms with E-state index in [1.54, 1.807) is 11.3 Å². The van der Waals surface area contributed by atoms with Crippen LogP contribution in [0.5, 0.6) is 5.88 Å². The van der Waals surface area contributed by atoms with Crippen LogP contribution in [0.2, 0.25) is 0 Å². The number of para-hydroxylation sites is 1. The number of ether oxygens (including phenoxy) is 1. The second kappa shape index (κ2) is 7.41. The van der Waals surface area contributed by atoms with Crippen LogP contribution in [0.3, 0.4) is 0 Å². The number of benzene rings is 1. The van der Waals surface area contributed by atoms with Crippen molar-refractivity contribution in [3.05, 3.63) is 46.6 Å². The smallest absolute Gasteiger partial charge is 0.262 e. The molecular weight excluding hydrogens is 346 g/mol. The maximum Gasteiger partial charge on any atom is 0.262 e. The fourth-order valence-electron chi connectivity index (χ4n) is 3.38. The number of nitrogens with one attached hydrogen (secondary N) is 1.